The van der Waals surface area contributed by atoms with Crippen molar-refractivity contribution in [3.05, 3.63) is 47.4 Å². The van der Waals surface area contributed by atoms with E-state index in [1.54, 1.807) is 13.4 Å². The molecule has 1 saturated heterocycles. The SMILES string of the molecule is Cc1cccc(Nc2cc(NC3CC[N+](C)([O-])CC3)ncn2)c1. The lowest BCUT2D eigenvalue weighted by Gasteiger charge is -2.44. The zero-order chi connectivity index (χ0) is 16.3. The molecule has 0 saturated carbocycles. The van der Waals surface area contributed by atoms with E-state index in [0.717, 1.165) is 30.2 Å². The highest BCUT2D eigenvalue weighted by molar-refractivity contribution is 5.59. The molecule has 1 aliphatic rings. The second-order valence-electron chi connectivity index (χ2n) is 6.45. The van der Waals surface area contributed by atoms with Crippen molar-refractivity contribution in [2.75, 3.05) is 30.8 Å². The van der Waals surface area contributed by atoms with E-state index >= 15 is 0 Å². The number of aromatic nitrogens is 2. The van der Waals surface area contributed by atoms with E-state index < -0.39 is 0 Å². The first-order valence-electron chi connectivity index (χ1n) is 7.98. The molecule has 0 radical (unpaired) electrons. The van der Waals surface area contributed by atoms with Gasteiger partial charge in [-0.3, -0.25) is 0 Å². The molecular weight excluding hydrogens is 290 g/mol. The monoisotopic (exact) mass is 313 g/mol. The Hall–Kier alpha value is -2.18. The number of hydrogen-bond acceptors (Lipinski definition) is 5. The summed E-state index contributed by atoms with van der Waals surface area (Å²) in [7, 11) is 1.74. The Labute approximate surface area is 136 Å². The average molecular weight is 313 g/mol. The summed E-state index contributed by atoms with van der Waals surface area (Å²) >= 11 is 0. The Kier molecular flexibility index (Phi) is 4.45. The maximum atomic E-state index is 11.9. The normalized spacial score (nSPS) is 24.2. The van der Waals surface area contributed by atoms with Crippen LogP contribution in [-0.2, 0) is 0 Å². The fourth-order valence-corrected chi connectivity index (χ4v) is 2.84. The molecule has 3 rings (SSSR count). The third kappa shape index (κ3) is 4.40. The number of benzene rings is 1. The van der Waals surface area contributed by atoms with Gasteiger partial charge in [0.2, 0.25) is 0 Å². The maximum absolute atomic E-state index is 11.9. The minimum atomic E-state index is -0.137. The number of likely N-dealkylation sites (tertiary alicyclic amines) is 1. The van der Waals surface area contributed by atoms with Gasteiger partial charge in [-0.25, -0.2) is 9.97 Å². The lowest BCUT2D eigenvalue weighted by molar-refractivity contribution is -0.865. The number of hydroxylamine groups is 3. The Balaban J connectivity index is 1.63. The first-order valence-corrected chi connectivity index (χ1v) is 7.98. The number of aryl methyl sites for hydroxylation is 1. The van der Waals surface area contributed by atoms with E-state index in [1.807, 2.05) is 18.2 Å². The summed E-state index contributed by atoms with van der Waals surface area (Å²) in [4.78, 5) is 8.55. The number of hydrogen-bond donors (Lipinski definition) is 2. The van der Waals surface area contributed by atoms with Gasteiger partial charge >= 0.3 is 0 Å². The fourth-order valence-electron chi connectivity index (χ4n) is 2.84. The smallest absolute Gasteiger partial charge is 0.135 e. The third-order valence-electron chi connectivity index (χ3n) is 4.21. The van der Waals surface area contributed by atoms with Crippen molar-refractivity contribution in [3.63, 3.8) is 0 Å². The van der Waals surface area contributed by atoms with Gasteiger partial charge in [0.15, 0.2) is 0 Å². The van der Waals surface area contributed by atoms with Crippen molar-refractivity contribution in [2.24, 2.45) is 0 Å². The molecule has 0 amide bonds. The Bertz CT molecular complexity index is 664. The summed E-state index contributed by atoms with van der Waals surface area (Å²) in [6, 6.07) is 10.4. The fraction of sp³-hybridized carbons (Fsp3) is 0.412. The molecular formula is C17H23N5O. The maximum Gasteiger partial charge on any atom is 0.135 e. The van der Waals surface area contributed by atoms with Gasteiger partial charge in [-0.2, -0.15) is 0 Å². The van der Waals surface area contributed by atoms with Crippen LogP contribution in [-0.4, -0.2) is 40.8 Å². The van der Waals surface area contributed by atoms with Crippen LogP contribution in [0.5, 0.6) is 0 Å². The second-order valence-corrected chi connectivity index (χ2v) is 6.45. The van der Waals surface area contributed by atoms with E-state index in [1.165, 1.54) is 5.56 Å². The van der Waals surface area contributed by atoms with E-state index in [-0.39, 0.29) is 4.65 Å². The Morgan fingerprint density at radius 1 is 1.13 bits per heavy atom. The van der Waals surface area contributed by atoms with Crippen LogP contribution in [0.1, 0.15) is 18.4 Å². The predicted molar refractivity (Wildman–Crippen MR) is 92.4 cm³/mol. The zero-order valence-corrected chi connectivity index (χ0v) is 13.6. The molecule has 2 aromatic rings. The summed E-state index contributed by atoms with van der Waals surface area (Å²) in [5.74, 6) is 1.55. The van der Waals surface area contributed by atoms with Crippen LogP contribution in [0, 0.1) is 12.1 Å². The summed E-state index contributed by atoms with van der Waals surface area (Å²) < 4.78 is -0.137. The molecule has 0 bridgehead atoms. The van der Waals surface area contributed by atoms with E-state index in [9.17, 15) is 5.21 Å². The van der Waals surface area contributed by atoms with Gasteiger partial charge in [0.05, 0.1) is 20.1 Å². The highest BCUT2D eigenvalue weighted by atomic mass is 16.5. The van der Waals surface area contributed by atoms with Crippen molar-refractivity contribution in [2.45, 2.75) is 25.8 Å². The van der Waals surface area contributed by atoms with Crippen LogP contribution >= 0.6 is 0 Å². The van der Waals surface area contributed by atoms with Crippen molar-refractivity contribution < 1.29 is 4.65 Å². The number of rotatable bonds is 4. The zero-order valence-electron chi connectivity index (χ0n) is 13.6. The van der Waals surface area contributed by atoms with Crippen molar-refractivity contribution in [3.8, 4) is 0 Å². The highest BCUT2D eigenvalue weighted by Crippen LogP contribution is 2.21. The lowest BCUT2D eigenvalue weighted by Crippen LogP contribution is -2.47. The summed E-state index contributed by atoms with van der Waals surface area (Å²) in [6.07, 6.45) is 3.28. The molecule has 0 spiro atoms. The topological polar surface area (TPSA) is 72.9 Å². The standard InChI is InChI=1S/C17H23N5O/c1-13-4-3-5-15(10-13)21-17-11-16(18-12-19-17)20-14-6-8-22(2,23)9-7-14/h3-5,10-12,14H,6-9H2,1-2H3,(H2,18,19,20,21). The quantitative estimate of drug-likeness (QED) is 0.670. The Morgan fingerprint density at radius 2 is 1.87 bits per heavy atom. The number of piperidine rings is 1. The van der Waals surface area contributed by atoms with Crippen molar-refractivity contribution in [1.82, 2.24) is 9.97 Å². The summed E-state index contributed by atoms with van der Waals surface area (Å²) in [6.45, 7) is 3.36. The molecule has 0 atom stereocenters. The molecule has 0 unspecified atom stereocenters. The lowest BCUT2D eigenvalue weighted by atomic mass is 10.1. The largest absolute Gasteiger partial charge is 0.633 e. The molecule has 2 N–H and O–H groups in total. The molecule has 23 heavy (non-hydrogen) atoms. The third-order valence-corrected chi connectivity index (χ3v) is 4.21. The van der Waals surface area contributed by atoms with E-state index in [0.29, 0.717) is 19.1 Å². The van der Waals surface area contributed by atoms with Crippen LogP contribution < -0.4 is 10.6 Å². The first-order chi connectivity index (χ1) is 11.0. The molecule has 2 heterocycles. The second kappa shape index (κ2) is 6.52. The molecule has 1 aromatic carbocycles. The van der Waals surface area contributed by atoms with Crippen molar-refractivity contribution in [1.29, 1.82) is 0 Å². The molecule has 122 valence electrons. The molecule has 1 fully saturated rings. The average Bonchev–Trinajstić information content (AvgIpc) is 2.50. The molecule has 1 aliphatic heterocycles. The van der Waals surface area contributed by atoms with Gasteiger partial charge < -0.3 is 20.5 Å². The number of anilines is 3. The van der Waals surface area contributed by atoms with Crippen LogP contribution in [0.2, 0.25) is 0 Å². The number of quaternary nitrogens is 1. The van der Waals surface area contributed by atoms with Gasteiger partial charge in [0.25, 0.3) is 0 Å². The molecule has 0 aliphatic carbocycles. The predicted octanol–water partition coefficient (Wildman–Crippen LogP) is 3.05. The minimum absolute atomic E-state index is 0.137. The first kappa shape index (κ1) is 15.7. The minimum Gasteiger partial charge on any atom is -0.633 e. The van der Waals surface area contributed by atoms with Crippen LogP contribution in [0.15, 0.2) is 36.7 Å². The molecule has 6 nitrogen and oxygen atoms in total. The van der Waals surface area contributed by atoms with Gasteiger partial charge in [0, 0.05) is 30.6 Å². The molecule has 1 aromatic heterocycles. The van der Waals surface area contributed by atoms with Gasteiger partial charge in [-0.15, -0.1) is 0 Å². The van der Waals surface area contributed by atoms with Crippen LogP contribution in [0.4, 0.5) is 17.3 Å². The highest BCUT2D eigenvalue weighted by Gasteiger charge is 2.23. The van der Waals surface area contributed by atoms with Crippen LogP contribution in [0.25, 0.3) is 0 Å². The van der Waals surface area contributed by atoms with E-state index in [2.05, 4.69) is 39.7 Å². The summed E-state index contributed by atoms with van der Waals surface area (Å²) in [5.41, 5.74) is 2.20. The summed E-state index contributed by atoms with van der Waals surface area (Å²) in [5, 5.41) is 18.6. The van der Waals surface area contributed by atoms with Gasteiger partial charge in [-0.05, 0) is 24.6 Å². The van der Waals surface area contributed by atoms with Gasteiger partial charge in [-0.1, -0.05) is 12.1 Å². The van der Waals surface area contributed by atoms with Crippen molar-refractivity contribution >= 4 is 17.3 Å². The Morgan fingerprint density at radius 3 is 2.61 bits per heavy atom. The molecule has 6 heteroatoms. The van der Waals surface area contributed by atoms with Gasteiger partial charge in [0.1, 0.15) is 18.0 Å². The number of nitrogens with one attached hydrogen (secondary N) is 2. The van der Waals surface area contributed by atoms with Crippen LogP contribution in [0.3, 0.4) is 0 Å². The number of nitrogens with zero attached hydrogens (tertiary/aromatic N) is 3. The van der Waals surface area contributed by atoms with E-state index in [4.69, 9.17) is 0 Å².